The number of carbonyl (C=O) groups excluding carboxylic acids is 3. The minimum Gasteiger partial charge on any atom is -0.466 e. The quantitative estimate of drug-likeness (QED) is 0.282. The predicted octanol–water partition coefficient (Wildman–Crippen LogP) is 3.39. The van der Waals surface area contributed by atoms with Crippen molar-refractivity contribution in [3.8, 4) is 0 Å². The lowest BCUT2D eigenvalue weighted by Crippen LogP contribution is -2.31. The molecule has 1 aliphatic rings. The number of nitrogens with one attached hydrogen (secondary N) is 2. The van der Waals surface area contributed by atoms with Gasteiger partial charge in [-0.3, -0.25) is 19.8 Å². The van der Waals surface area contributed by atoms with Gasteiger partial charge in [0.15, 0.2) is 0 Å². The van der Waals surface area contributed by atoms with E-state index in [0.717, 1.165) is 25.9 Å². The highest BCUT2D eigenvalue weighted by atomic mass is 79.9. The van der Waals surface area contributed by atoms with Crippen LogP contribution in [0, 0.1) is 5.41 Å². The molecule has 0 radical (unpaired) electrons. The third-order valence-electron chi connectivity index (χ3n) is 5.44. The molecule has 3 rings (SSSR count). The van der Waals surface area contributed by atoms with Crippen molar-refractivity contribution >= 4 is 39.5 Å². The van der Waals surface area contributed by atoms with Crippen LogP contribution in [0.15, 0.2) is 46.9 Å². The fourth-order valence-electron chi connectivity index (χ4n) is 3.72. The molecule has 8 nitrogen and oxygen atoms in total. The van der Waals surface area contributed by atoms with Crippen LogP contribution in [0.4, 0.5) is 0 Å². The van der Waals surface area contributed by atoms with E-state index >= 15 is 0 Å². The largest absolute Gasteiger partial charge is 0.466 e. The molecule has 2 aromatic rings. The number of rotatable bonds is 8. The first-order valence-electron chi connectivity index (χ1n) is 10.8. The molecule has 9 heteroatoms. The summed E-state index contributed by atoms with van der Waals surface area (Å²) in [6.07, 6.45) is 1.92. The molecule has 33 heavy (non-hydrogen) atoms. The lowest BCUT2D eigenvalue weighted by molar-refractivity contribution is -0.143. The van der Waals surface area contributed by atoms with E-state index in [1.807, 2.05) is 0 Å². The Bertz CT molecular complexity index is 1070. The average Bonchev–Trinajstić information content (AvgIpc) is 3.33. The van der Waals surface area contributed by atoms with Crippen molar-refractivity contribution in [2.24, 2.45) is 5.73 Å². The summed E-state index contributed by atoms with van der Waals surface area (Å²) >= 11 is 3.42. The fourth-order valence-corrected chi connectivity index (χ4v) is 4.27. The zero-order valence-electron chi connectivity index (χ0n) is 18.4. The maximum atomic E-state index is 13.0. The summed E-state index contributed by atoms with van der Waals surface area (Å²) in [5.74, 6) is -1.03. The molecule has 2 amide bonds. The van der Waals surface area contributed by atoms with E-state index in [2.05, 4.69) is 21.2 Å². The van der Waals surface area contributed by atoms with Crippen LogP contribution in [0.25, 0.3) is 0 Å². The minimum atomic E-state index is -0.680. The summed E-state index contributed by atoms with van der Waals surface area (Å²) < 4.78 is 5.60. The van der Waals surface area contributed by atoms with Crippen LogP contribution in [-0.4, -0.2) is 48.2 Å². The van der Waals surface area contributed by atoms with Gasteiger partial charge < -0.3 is 20.7 Å². The molecule has 1 saturated heterocycles. The molecule has 1 heterocycles. The Kier molecular flexibility index (Phi) is 8.21. The lowest BCUT2D eigenvalue weighted by Gasteiger charge is -2.20. The van der Waals surface area contributed by atoms with E-state index in [1.54, 1.807) is 54.3 Å². The lowest BCUT2D eigenvalue weighted by atomic mass is 10.00. The molecule has 0 aliphatic carbocycles. The first kappa shape index (κ1) is 24.4. The number of ether oxygens (including phenoxy) is 1. The van der Waals surface area contributed by atoms with Crippen LogP contribution < -0.4 is 11.1 Å². The van der Waals surface area contributed by atoms with Crippen molar-refractivity contribution in [3.05, 3.63) is 69.2 Å². The van der Waals surface area contributed by atoms with Crippen molar-refractivity contribution in [1.82, 2.24) is 10.2 Å². The van der Waals surface area contributed by atoms with Crippen LogP contribution >= 0.6 is 15.9 Å². The Morgan fingerprint density at radius 3 is 2.52 bits per heavy atom. The monoisotopic (exact) mass is 514 g/mol. The van der Waals surface area contributed by atoms with Crippen molar-refractivity contribution < 1.29 is 19.1 Å². The van der Waals surface area contributed by atoms with Gasteiger partial charge in [0.05, 0.1) is 24.6 Å². The second-order valence-electron chi connectivity index (χ2n) is 7.77. The maximum Gasteiger partial charge on any atom is 0.308 e. The predicted molar refractivity (Wildman–Crippen MR) is 128 cm³/mol. The van der Waals surface area contributed by atoms with E-state index in [9.17, 15) is 14.4 Å². The molecule has 4 N–H and O–H groups in total. The Morgan fingerprint density at radius 2 is 1.88 bits per heavy atom. The van der Waals surface area contributed by atoms with E-state index < -0.39 is 17.9 Å². The van der Waals surface area contributed by atoms with Crippen LogP contribution in [0.5, 0.6) is 0 Å². The third kappa shape index (κ3) is 6.19. The molecule has 0 saturated carbocycles. The van der Waals surface area contributed by atoms with Crippen molar-refractivity contribution in [2.75, 3.05) is 19.7 Å². The molecule has 0 bridgehead atoms. The summed E-state index contributed by atoms with van der Waals surface area (Å²) in [7, 11) is 0. The van der Waals surface area contributed by atoms with Gasteiger partial charge in [-0.25, -0.2) is 0 Å². The molecule has 2 aromatic carbocycles. The topological polar surface area (TPSA) is 126 Å². The number of nitrogens with zero attached hydrogens (tertiary/aromatic N) is 1. The maximum absolute atomic E-state index is 13.0. The van der Waals surface area contributed by atoms with Crippen LogP contribution in [0.3, 0.4) is 0 Å². The van der Waals surface area contributed by atoms with Crippen LogP contribution in [0.2, 0.25) is 0 Å². The highest BCUT2D eigenvalue weighted by Gasteiger charge is 2.24. The Morgan fingerprint density at radius 1 is 1.15 bits per heavy atom. The Balaban J connectivity index is 1.81. The third-order valence-corrected chi connectivity index (χ3v) is 6.09. The summed E-state index contributed by atoms with van der Waals surface area (Å²) in [4.78, 5) is 39.7. The zero-order chi connectivity index (χ0) is 24.0. The van der Waals surface area contributed by atoms with Crippen molar-refractivity contribution in [2.45, 2.75) is 32.2 Å². The van der Waals surface area contributed by atoms with E-state index in [0.29, 0.717) is 26.7 Å². The van der Waals surface area contributed by atoms with Crippen molar-refractivity contribution in [1.29, 1.82) is 5.41 Å². The second-order valence-corrected chi connectivity index (χ2v) is 8.62. The molecule has 1 unspecified atom stereocenters. The number of hydrogen-bond acceptors (Lipinski definition) is 5. The van der Waals surface area contributed by atoms with Gasteiger partial charge in [0.2, 0.25) is 0 Å². The minimum absolute atomic E-state index is 0.0624. The van der Waals surface area contributed by atoms with Gasteiger partial charge in [-0.05, 0) is 65.5 Å². The van der Waals surface area contributed by atoms with Gasteiger partial charge in [0.25, 0.3) is 11.8 Å². The molecule has 0 spiro atoms. The summed E-state index contributed by atoms with van der Waals surface area (Å²) in [5.41, 5.74) is 7.56. The molecular weight excluding hydrogens is 488 g/mol. The Labute approximate surface area is 201 Å². The van der Waals surface area contributed by atoms with Crippen molar-refractivity contribution in [3.63, 3.8) is 0 Å². The van der Waals surface area contributed by atoms with Gasteiger partial charge in [0, 0.05) is 28.7 Å². The Hall–Kier alpha value is -3.20. The number of esters is 1. The second kappa shape index (κ2) is 11.1. The molecule has 1 aliphatic heterocycles. The van der Waals surface area contributed by atoms with Gasteiger partial charge >= 0.3 is 5.97 Å². The van der Waals surface area contributed by atoms with Gasteiger partial charge in [0.1, 0.15) is 5.84 Å². The highest BCUT2D eigenvalue weighted by Crippen LogP contribution is 2.24. The molecular formula is C24H27BrN4O4. The number of nitrogen functional groups attached to an aromatic ring is 1. The molecule has 1 atom stereocenters. The van der Waals surface area contributed by atoms with Gasteiger partial charge in [-0.15, -0.1) is 0 Å². The number of amides is 2. The standard InChI is InChI=1S/C24H27BrN4O4/c1-2-33-21(30)14-20(15-6-5-7-16(12-15)22(26)27)28-23(31)17-8-9-18(19(25)13-17)24(32)29-10-3-4-11-29/h5-9,12-13,20H,2-4,10-11,14H2,1H3,(H3,26,27)(H,28,31). The number of hydrogen-bond donors (Lipinski definition) is 3. The number of likely N-dealkylation sites (tertiary alicyclic amines) is 1. The normalized spacial score (nSPS) is 13.9. The van der Waals surface area contributed by atoms with Crippen LogP contribution in [-0.2, 0) is 9.53 Å². The SMILES string of the molecule is CCOC(=O)CC(NC(=O)c1ccc(C(=O)N2CCCC2)c(Br)c1)c1cccc(C(=N)N)c1. The number of benzene rings is 2. The summed E-state index contributed by atoms with van der Waals surface area (Å²) in [6, 6.07) is 11.0. The fraction of sp³-hybridized carbons (Fsp3) is 0.333. The highest BCUT2D eigenvalue weighted by molar-refractivity contribution is 9.10. The number of halogens is 1. The van der Waals surface area contributed by atoms with E-state index in [4.69, 9.17) is 15.9 Å². The summed E-state index contributed by atoms with van der Waals surface area (Å²) in [6.45, 7) is 3.42. The number of amidine groups is 1. The average molecular weight is 515 g/mol. The van der Waals surface area contributed by atoms with Gasteiger partial charge in [-0.1, -0.05) is 18.2 Å². The zero-order valence-corrected chi connectivity index (χ0v) is 20.0. The molecule has 0 aromatic heterocycles. The smallest absolute Gasteiger partial charge is 0.308 e. The molecule has 1 fully saturated rings. The first-order chi connectivity index (χ1) is 15.8. The van der Waals surface area contributed by atoms with E-state index in [-0.39, 0.29) is 24.8 Å². The van der Waals surface area contributed by atoms with Crippen LogP contribution in [0.1, 0.15) is 64.1 Å². The van der Waals surface area contributed by atoms with E-state index in [1.165, 1.54) is 0 Å². The summed E-state index contributed by atoms with van der Waals surface area (Å²) in [5, 5.41) is 10.5. The molecule has 174 valence electrons. The van der Waals surface area contributed by atoms with Gasteiger partial charge in [-0.2, -0.15) is 0 Å². The number of nitrogens with two attached hydrogens (primary N) is 1. The number of carbonyl (C=O) groups is 3. The first-order valence-corrected chi connectivity index (χ1v) is 11.6.